The molecule has 0 aliphatic carbocycles. The van der Waals surface area contributed by atoms with Crippen molar-refractivity contribution in [1.82, 2.24) is 0 Å². The van der Waals surface area contributed by atoms with E-state index in [1.54, 1.807) is 19.1 Å². The van der Waals surface area contributed by atoms with E-state index in [2.05, 4.69) is 0 Å². The van der Waals surface area contributed by atoms with Gasteiger partial charge in [0, 0.05) is 22.4 Å². The molecular weight excluding hydrogens is 214 g/mol. The van der Waals surface area contributed by atoms with Crippen molar-refractivity contribution in [3.8, 4) is 0 Å². The molecule has 0 amide bonds. The van der Waals surface area contributed by atoms with Crippen molar-refractivity contribution in [3.63, 3.8) is 0 Å². The van der Waals surface area contributed by atoms with Crippen molar-refractivity contribution in [1.29, 1.82) is 0 Å². The number of carbonyl (C=O) groups is 1. The van der Waals surface area contributed by atoms with E-state index >= 15 is 0 Å². The lowest BCUT2D eigenvalue weighted by Gasteiger charge is -2.04. The number of ether oxygens (including phenoxy) is 1. The summed E-state index contributed by atoms with van der Waals surface area (Å²) in [5.41, 5.74) is 6.52. The predicted molar refractivity (Wildman–Crippen MR) is 59.2 cm³/mol. The average molecular weight is 226 g/mol. The van der Waals surface area contributed by atoms with Crippen LogP contribution in [-0.4, -0.2) is 5.97 Å². The van der Waals surface area contributed by atoms with E-state index in [-0.39, 0.29) is 6.61 Å². The minimum Gasteiger partial charge on any atom is -0.458 e. The van der Waals surface area contributed by atoms with Gasteiger partial charge in [0.25, 0.3) is 0 Å². The zero-order valence-electron chi connectivity index (χ0n) is 8.37. The molecule has 2 N–H and O–H groups in total. The fourth-order valence-electron chi connectivity index (χ4n) is 0.992. The Morgan fingerprint density at radius 3 is 2.80 bits per heavy atom. The highest BCUT2D eigenvalue weighted by atomic mass is 35.5. The Morgan fingerprint density at radius 2 is 2.20 bits per heavy atom. The summed E-state index contributed by atoms with van der Waals surface area (Å²) < 4.78 is 4.94. The van der Waals surface area contributed by atoms with Crippen LogP contribution in [0.3, 0.4) is 0 Å². The Labute approximate surface area is 93.5 Å². The maximum Gasteiger partial charge on any atom is 0.332 e. The molecule has 0 aromatic heterocycles. The Balaban J connectivity index is 2.55. The van der Waals surface area contributed by atoms with Gasteiger partial charge in [-0.1, -0.05) is 29.8 Å². The van der Waals surface area contributed by atoms with E-state index in [1.165, 1.54) is 6.08 Å². The summed E-state index contributed by atoms with van der Waals surface area (Å²) in [6, 6.07) is 7.19. The fraction of sp³-hybridized carbons (Fsp3) is 0.182. The van der Waals surface area contributed by atoms with Crippen molar-refractivity contribution in [2.24, 2.45) is 5.73 Å². The predicted octanol–water partition coefficient (Wildman–Crippen LogP) is 2.25. The maximum atomic E-state index is 11.1. The van der Waals surface area contributed by atoms with Gasteiger partial charge < -0.3 is 10.5 Å². The van der Waals surface area contributed by atoms with E-state index in [0.29, 0.717) is 10.7 Å². The monoisotopic (exact) mass is 225 g/mol. The van der Waals surface area contributed by atoms with Gasteiger partial charge in [0.05, 0.1) is 0 Å². The zero-order chi connectivity index (χ0) is 11.3. The smallest absolute Gasteiger partial charge is 0.332 e. The van der Waals surface area contributed by atoms with Crippen LogP contribution >= 0.6 is 11.6 Å². The van der Waals surface area contributed by atoms with Crippen LogP contribution in [0.4, 0.5) is 0 Å². The number of nitrogens with two attached hydrogens (primary N) is 1. The van der Waals surface area contributed by atoms with E-state index < -0.39 is 5.97 Å². The molecule has 15 heavy (non-hydrogen) atoms. The second kappa shape index (κ2) is 5.41. The quantitative estimate of drug-likeness (QED) is 0.634. The summed E-state index contributed by atoms with van der Waals surface area (Å²) in [5.74, 6) is -0.463. The topological polar surface area (TPSA) is 52.3 Å². The largest absolute Gasteiger partial charge is 0.458 e. The minimum atomic E-state index is -0.463. The van der Waals surface area contributed by atoms with E-state index in [9.17, 15) is 4.79 Å². The summed E-state index contributed by atoms with van der Waals surface area (Å²) in [7, 11) is 0. The van der Waals surface area contributed by atoms with Crippen LogP contribution in [0.15, 0.2) is 36.0 Å². The number of carbonyl (C=O) groups excluding carboxylic acids is 1. The lowest BCUT2D eigenvalue weighted by Crippen LogP contribution is -2.04. The third kappa shape index (κ3) is 4.04. The number of hydrogen-bond donors (Lipinski definition) is 1. The molecule has 0 spiro atoms. The highest BCUT2D eigenvalue weighted by Gasteiger charge is 2.02. The molecule has 80 valence electrons. The Hall–Kier alpha value is -1.48. The van der Waals surface area contributed by atoms with Crippen molar-refractivity contribution in [3.05, 3.63) is 46.6 Å². The lowest BCUT2D eigenvalue weighted by molar-refractivity contribution is -0.139. The third-order valence-electron chi connectivity index (χ3n) is 1.67. The first-order valence-corrected chi connectivity index (χ1v) is 4.81. The molecule has 1 aromatic rings. The number of benzene rings is 1. The van der Waals surface area contributed by atoms with Crippen LogP contribution in [0.2, 0.25) is 5.02 Å². The Morgan fingerprint density at radius 1 is 1.53 bits per heavy atom. The summed E-state index contributed by atoms with van der Waals surface area (Å²) >= 11 is 5.88. The second-order valence-corrected chi connectivity index (χ2v) is 3.49. The minimum absolute atomic E-state index is 0.155. The molecule has 0 fully saturated rings. The van der Waals surface area contributed by atoms with Gasteiger partial charge in [-0.05, 0) is 13.0 Å². The normalized spacial score (nSPS) is 11.2. The first-order chi connectivity index (χ1) is 7.09. The van der Waals surface area contributed by atoms with Crippen molar-refractivity contribution in [2.45, 2.75) is 13.5 Å². The molecule has 0 bridgehead atoms. The highest BCUT2D eigenvalue weighted by molar-refractivity contribution is 6.31. The first kappa shape index (κ1) is 11.6. The molecule has 0 radical (unpaired) electrons. The van der Waals surface area contributed by atoms with Crippen molar-refractivity contribution in [2.75, 3.05) is 0 Å². The van der Waals surface area contributed by atoms with Gasteiger partial charge in [0.2, 0.25) is 0 Å². The van der Waals surface area contributed by atoms with Crippen LogP contribution in [-0.2, 0) is 16.1 Å². The van der Waals surface area contributed by atoms with E-state index in [4.69, 9.17) is 22.1 Å². The molecule has 0 aliphatic rings. The maximum absolute atomic E-state index is 11.1. The fourth-order valence-corrected chi connectivity index (χ4v) is 1.18. The van der Waals surface area contributed by atoms with E-state index in [0.717, 1.165) is 5.56 Å². The van der Waals surface area contributed by atoms with Crippen LogP contribution in [0.1, 0.15) is 12.5 Å². The first-order valence-electron chi connectivity index (χ1n) is 4.43. The Bertz CT molecular complexity index is 384. The average Bonchev–Trinajstić information content (AvgIpc) is 2.15. The van der Waals surface area contributed by atoms with Crippen molar-refractivity contribution >= 4 is 17.6 Å². The molecule has 0 aliphatic heterocycles. The van der Waals surface area contributed by atoms with Gasteiger partial charge >= 0.3 is 5.97 Å². The highest BCUT2D eigenvalue weighted by Crippen LogP contribution is 2.15. The lowest BCUT2D eigenvalue weighted by atomic mass is 10.2. The van der Waals surface area contributed by atoms with E-state index in [1.807, 2.05) is 12.1 Å². The Kier molecular flexibility index (Phi) is 4.18. The van der Waals surface area contributed by atoms with Gasteiger partial charge in [0.15, 0.2) is 0 Å². The number of halogens is 1. The molecular formula is C11H12ClNO2. The zero-order valence-corrected chi connectivity index (χ0v) is 9.12. The van der Waals surface area contributed by atoms with Gasteiger partial charge in [-0.3, -0.25) is 0 Å². The summed E-state index contributed by atoms with van der Waals surface area (Å²) in [5, 5.41) is 0.582. The molecule has 1 aromatic carbocycles. The SMILES string of the molecule is CC(N)=CC(=O)OCc1ccccc1Cl. The summed E-state index contributed by atoms with van der Waals surface area (Å²) in [6.07, 6.45) is 1.23. The molecule has 4 heteroatoms. The van der Waals surface area contributed by atoms with Gasteiger partial charge in [-0.15, -0.1) is 0 Å². The summed E-state index contributed by atoms with van der Waals surface area (Å²) in [4.78, 5) is 11.1. The standard InChI is InChI=1S/C11H12ClNO2/c1-8(13)6-11(14)15-7-9-4-2-3-5-10(9)12/h2-6H,7,13H2,1H3. The number of esters is 1. The van der Waals surface area contributed by atoms with Crippen LogP contribution in [0, 0.1) is 0 Å². The third-order valence-corrected chi connectivity index (χ3v) is 2.04. The molecule has 0 atom stereocenters. The van der Waals surface area contributed by atoms with Gasteiger partial charge in [0.1, 0.15) is 6.61 Å². The molecule has 0 saturated carbocycles. The van der Waals surface area contributed by atoms with Gasteiger partial charge in [-0.2, -0.15) is 0 Å². The molecule has 1 rings (SSSR count). The van der Waals surface area contributed by atoms with Crippen LogP contribution in [0.5, 0.6) is 0 Å². The number of hydrogen-bond acceptors (Lipinski definition) is 3. The van der Waals surface area contributed by atoms with Crippen LogP contribution < -0.4 is 5.73 Å². The molecule has 3 nitrogen and oxygen atoms in total. The van der Waals surface area contributed by atoms with Gasteiger partial charge in [-0.25, -0.2) is 4.79 Å². The molecule has 0 unspecified atom stereocenters. The number of allylic oxidation sites excluding steroid dienone is 1. The molecule has 0 saturated heterocycles. The summed E-state index contributed by atoms with van der Waals surface area (Å²) in [6.45, 7) is 1.78. The van der Waals surface area contributed by atoms with Crippen LogP contribution in [0.25, 0.3) is 0 Å². The van der Waals surface area contributed by atoms with Crippen molar-refractivity contribution < 1.29 is 9.53 Å². The molecule has 0 heterocycles. The second-order valence-electron chi connectivity index (χ2n) is 3.09. The number of rotatable bonds is 3.